The van der Waals surface area contributed by atoms with Crippen LogP contribution < -0.4 is 0 Å². The van der Waals surface area contributed by atoms with Gasteiger partial charge >= 0.3 is 0 Å². The second-order valence-electron chi connectivity index (χ2n) is 4.63. The topological polar surface area (TPSA) is 34.0 Å². The highest BCUT2D eigenvalue weighted by Gasteiger charge is 2.11. The number of aryl methyl sites for hydroxylation is 1. The van der Waals surface area contributed by atoms with Crippen molar-refractivity contribution in [3.05, 3.63) is 11.9 Å². The molecule has 0 N–H and O–H groups in total. The molecule has 16 heavy (non-hydrogen) atoms. The Balaban J connectivity index is 1.73. The third-order valence-corrected chi connectivity index (χ3v) is 3.22. The van der Waals surface area contributed by atoms with Crippen molar-refractivity contribution < 1.29 is 0 Å². The molecule has 1 aromatic heterocycles. The van der Waals surface area contributed by atoms with Crippen LogP contribution in [0, 0.1) is 0 Å². The van der Waals surface area contributed by atoms with Crippen LogP contribution in [0.3, 0.4) is 0 Å². The quantitative estimate of drug-likeness (QED) is 0.735. The van der Waals surface area contributed by atoms with Crippen LogP contribution in [0.4, 0.5) is 0 Å². The van der Waals surface area contributed by atoms with Crippen molar-refractivity contribution in [3.63, 3.8) is 0 Å². The SMILES string of the molecule is CCCCc1cn(CCN2CCCC2)nn1. The van der Waals surface area contributed by atoms with E-state index in [4.69, 9.17) is 0 Å². The van der Waals surface area contributed by atoms with E-state index >= 15 is 0 Å². The molecule has 0 bridgehead atoms. The summed E-state index contributed by atoms with van der Waals surface area (Å²) in [5.74, 6) is 0. The lowest BCUT2D eigenvalue weighted by molar-refractivity contribution is 0.314. The predicted molar refractivity (Wildman–Crippen MR) is 64.3 cm³/mol. The number of hydrogen-bond acceptors (Lipinski definition) is 3. The van der Waals surface area contributed by atoms with Crippen LogP contribution in [0.25, 0.3) is 0 Å². The minimum atomic E-state index is 0.985. The van der Waals surface area contributed by atoms with E-state index in [0.717, 1.165) is 25.2 Å². The van der Waals surface area contributed by atoms with Gasteiger partial charge < -0.3 is 4.90 Å². The lowest BCUT2D eigenvalue weighted by Crippen LogP contribution is -2.24. The fourth-order valence-corrected chi connectivity index (χ4v) is 2.17. The molecule has 4 nitrogen and oxygen atoms in total. The summed E-state index contributed by atoms with van der Waals surface area (Å²) in [4.78, 5) is 2.51. The largest absolute Gasteiger partial charge is 0.301 e. The minimum absolute atomic E-state index is 0.985. The van der Waals surface area contributed by atoms with E-state index in [1.165, 1.54) is 38.8 Å². The summed E-state index contributed by atoms with van der Waals surface area (Å²) >= 11 is 0. The summed E-state index contributed by atoms with van der Waals surface area (Å²) in [5, 5.41) is 8.36. The van der Waals surface area contributed by atoms with Crippen molar-refractivity contribution in [1.29, 1.82) is 0 Å². The number of unbranched alkanes of at least 4 members (excludes halogenated alkanes) is 1. The Hall–Kier alpha value is -0.900. The number of likely N-dealkylation sites (tertiary alicyclic amines) is 1. The predicted octanol–water partition coefficient (Wildman–Crippen LogP) is 1.72. The molecule has 1 saturated heterocycles. The van der Waals surface area contributed by atoms with Gasteiger partial charge in [0.1, 0.15) is 0 Å². The molecule has 2 heterocycles. The molecule has 4 heteroatoms. The van der Waals surface area contributed by atoms with Crippen molar-refractivity contribution in [3.8, 4) is 0 Å². The second-order valence-corrected chi connectivity index (χ2v) is 4.63. The molecule has 0 radical (unpaired) electrons. The van der Waals surface area contributed by atoms with Gasteiger partial charge in [-0.1, -0.05) is 18.6 Å². The second kappa shape index (κ2) is 5.99. The van der Waals surface area contributed by atoms with Crippen molar-refractivity contribution in [1.82, 2.24) is 19.9 Å². The zero-order valence-electron chi connectivity index (χ0n) is 10.2. The van der Waals surface area contributed by atoms with E-state index in [9.17, 15) is 0 Å². The average molecular weight is 222 g/mol. The molecule has 90 valence electrons. The van der Waals surface area contributed by atoms with Crippen LogP contribution in [0.15, 0.2) is 6.20 Å². The van der Waals surface area contributed by atoms with Gasteiger partial charge in [-0.15, -0.1) is 5.10 Å². The Morgan fingerprint density at radius 3 is 2.81 bits per heavy atom. The van der Waals surface area contributed by atoms with E-state index < -0.39 is 0 Å². The molecule has 1 aliphatic heterocycles. The molecule has 1 aliphatic rings. The average Bonchev–Trinajstić information content (AvgIpc) is 2.95. The fourth-order valence-electron chi connectivity index (χ4n) is 2.17. The molecule has 0 atom stereocenters. The number of hydrogen-bond donors (Lipinski definition) is 0. The van der Waals surface area contributed by atoms with Gasteiger partial charge in [0.2, 0.25) is 0 Å². The van der Waals surface area contributed by atoms with E-state index in [-0.39, 0.29) is 0 Å². The molecule has 0 saturated carbocycles. The Bertz CT molecular complexity index is 302. The smallest absolute Gasteiger partial charge is 0.0827 e. The first-order chi connectivity index (χ1) is 7.88. The Morgan fingerprint density at radius 2 is 2.06 bits per heavy atom. The Morgan fingerprint density at radius 1 is 1.25 bits per heavy atom. The fraction of sp³-hybridized carbons (Fsp3) is 0.833. The zero-order valence-corrected chi connectivity index (χ0v) is 10.2. The maximum absolute atomic E-state index is 4.19. The third-order valence-electron chi connectivity index (χ3n) is 3.22. The number of rotatable bonds is 6. The van der Waals surface area contributed by atoms with Gasteiger partial charge in [0, 0.05) is 12.7 Å². The normalized spacial score (nSPS) is 17.1. The Kier molecular flexibility index (Phi) is 4.34. The molecule has 0 aliphatic carbocycles. The molecule has 0 unspecified atom stereocenters. The molecule has 1 fully saturated rings. The summed E-state index contributed by atoms with van der Waals surface area (Å²) in [6.07, 6.45) is 8.33. The molecule has 0 aromatic carbocycles. The van der Waals surface area contributed by atoms with Crippen LogP contribution in [0.5, 0.6) is 0 Å². The van der Waals surface area contributed by atoms with Crippen molar-refractivity contribution in [2.45, 2.75) is 45.6 Å². The number of aromatic nitrogens is 3. The van der Waals surface area contributed by atoms with Crippen LogP contribution in [-0.4, -0.2) is 39.5 Å². The summed E-state index contributed by atoms with van der Waals surface area (Å²) in [5.41, 5.74) is 1.14. The van der Waals surface area contributed by atoms with Gasteiger partial charge in [-0.05, 0) is 38.8 Å². The zero-order chi connectivity index (χ0) is 11.2. The van der Waals surface area contributed by atoms with Crippen molar-refractivity contribution >= 4 is 0 Å². The van der Waals surface area contributed by atoms with Gasteiger partial charge in [-0.3, -0.25) is 4.68 Å². The lowest BCUT2D eigenvalue weighted by Gasteiger charge is -2.13. The van der Waals surface area contributed by atoms with Gasteiger partial charge in [0.25, 0.3) is 0 Å². The van der Waals surface area contributed by atoms with E-state index in [0.29, 0.717) is 0 Å². The minimum Gasteiger partial charge on any atom is -0.301 e. The first-order valence-corrected chi connectivity index (χ1v) is 6.50. The highest BCUT2D eigenvalue weighted by Crippen LogP contribution is 2.07. The lowest BCUT2D eigenvalue weighted by atomic mass is 10.2. The van der Waals surface area contributed by atoms with Gasteiger partial charge in [-0.25, -0.2) is 0 Å². The molecule has 0 spiro atoms. The first-order valence-electron chi connectivity index (χ1n) is 6.50. The van der Waals surface area contributed by atoms with Gasteiger partial charge in [0.05, 0.1) is 12.2 Å². The monoisotopic (exact) mass is 222 g/mol. The summed E-state index contributed by atoms with van der Waals surface area (Å²) < 4.78 is 1.99. The third kappa shape index (κ3) is 3.30. The Labute approximate surface area is 97.6 Å². The van der Waals surface area contributed by atoms with Gasteiger partial charge in [0.15, 0.2) is 0 Å². The highest BCUT2D eigenvalue weighted by molar-refractivity contribution is 4.92. The molecular formula is C12H22N4. The van der Waals surface area contributed by atoms with E-state index in [1.54, 1.807) is 0 Å². The maximum Gasteiger partial charge on any atom is 0.0827 e. The molecule has 2 rings (SSSR count). The maximum atomic E-state index is 4.19. The summed E-state index contributed by atoms with van der Waals surface area (Å²) in [7, 11) is 0. The van der Waals surface area contributed by atoms with Crippen LogP contribution in [0.1, 0.15) is 38.3 Å². The number of nitrogens with zero attached hydrogens (tertiary/aromatic N) is 4. The van der Waals surface area contributed by atoms with Gasteiger partial charge in [-0.2, -0.15) is 0 Å². The molecular weight excluding hydrogens is 200 g/mol. The summed E-state index contributed by atoms with van der Waals surface area (Å²) in [6.45, 7) is 6.84. The summed E-state index contributed by atoms with van der Waals surface area (Å²) in [6, 6.07) is 0. The van der Waals surface area contributed by atoms with Crippen LogP contribution in [0.2, 0.25) is 0 Å². The van der Waals surface area contributed by atoms with Crippen molar-refractivity contribution in [2.75, 3.05) is 19.6 Å². The first kappa shape index (κ1) is 11.6. The van der Waals surface area contributed by atoms with E-state index in [1.807, 2.05) is 4.68 Å². The molecule has 1 aromatic rings. The van der Waals surface area contributed by atoms with Crippen molar-refractivity contribution in [2.24, 2.45) is 0 Å². The standard InChI is InChI=1S/C12H22N4/c1-2-3-6-12-11-16(14-13-12)10-9-15-7-4-5-8-15/h11H,2-10H2,1H3. The highest BCUT2D eigenvalue weighted by atomic mass is 15.4. The molecule has 0 amide bonds. The van der Waals surface area contributed by atoms with Crippen LogP contribution >= 0.6 is 0 Å². The van der Waals surface area contributed by atoms with E-state index in [2.05, 4.69) is 28.3 Å². The van der Waals surface area contributed by atoms with Crippen LogP contribution in [-0.2, 0) is 13.0 Å².